The zero-order valence-electron chi connectivity index (χ0n) is 4.68. The first kappa shape index (κ1) is 5.06. The van der Waals surface area contributed by atoms with Crippen molar-refractivity contribution in [3.63, 3.8) is 0 Å². The molecular formula is C5H12NO+. The zero-order chi connectivity index (χ0) is 5.11. The van der Waals surface area contributed by atoms with Crippen molar-refractivity contribution in [2.45, 2.75) is 13.0 Å². The molecule has 1 rings (SSSR count). The van der Waals surface area contributed by atoms with Crippen molar-refractivity contribution >= 4 is 0 Å². The van der Waals surface area contributed by atoms with E-state index < -0.39 is 0 Å². The summed E-state index contributed by atoms with van der Waals surface area (Å²) in [5, 5.41) is 2.25. The molecule has 0 spiro atoms. The molecule has 7 heavy (non-hydrogen) atoms. The maximum absolute atomic E-state index is 5.25. The summed E-state index contributed by atoms with van der Waals surface area (Å²) in [6, 6.07) is 0. The average Bonchev–Trinajstić information content (AvgIpc) is 1.55. The molecule has 1 aliphatic heterocycles. The predicted octanol–water partition coefficient (Wildman–Crippen LogP) is -1.03. The fraction of sp³-hybridized carbons (Fsp3) is 1.00. The molecule has 0 radical (unpaired) electrons. The van der Waals surface area contributed by atoms with Crippen molar-refractivity contribution in [2.75, 3.05) is 19.7 Å². The fourth-order valence-electron chi connectivity index (χ4n) is 0.675. The lowest BCUT2D eigenvalue weighted by Crippen LogP contribution is -2.98. The number of hydrogen-bond acceptors (Lipinski definition) is 1. The van der Waals surface area contributed by atoms with Crippen molar-refractivity contribution in [2.24, 2.45) is 0 Å². The first-order valence-corrected chi connectivity index (χ1v) is 2.86. The van der Waals surface area contributed by atoms with Gasteiger partial charge in [-0.2, -0.15) is 0 Å². The van der Waals surface area contributed by atoms with E-state index in [2.05, 4.69) is 5.32 Å². The molecule has 42 valence electrons. The monoisotopic (exact) mass is 102 g/mol. The van der Waals surface area contributed by atoms with Gasteiger partial charge >= 0.3 is 0 Å². The van der Waals surface area contributed by atoms with Crippen molar-refractivity contribution in [3.05, 3.63) is 0 Å². The first-order chi connectivity index (χ1) is 3.43. The number of rotatable bonds is 2. The summed E-state index contributed by atoms with van der Waals surface area (Å²) in [4.78, 5) is 0. The molecule has 0 amide bonds. The Kier molecular flexibility index (Phi) is 1.65. The van der Waals surface area contributed by atoms with Crippen LogP contribution in [-0.4, -0.2) is 25.8 Å². The Balaban J connectivity index is 1.93. The lowest BCUT2D eigenvalue weighted by Gasteiger charge is -2.21. The fourth-order valence-corrected chi connectivity index (χ4v) is 0.675. The Morgan fingerprint density at radius 1 is 1.71 bits per heavy atom. The second kappa shape index (κ2) is 2.28. The summed E-state index contributed by atoms with van der Waals surface area (Å²) >= 11 is 0. The number of ether oxygens (including phenoxy) is 1. The third-order valence-corrected chi connectivity index (χ3v) is 1.26. The minimum Gasteiger partial charge on any atom is -0.367 e. The standard InChI is InChI=1S/C5H11NO/c1-2-7-5-3-6-4-5/h5-6H,2-4H2,1H3/p+1. The van der Waals surface area contributed by atoms with E-state index in [1.54, 1.807) is 0 Å². The maximum Gasteiger partial charge on any atom is 0.155 e. The molecule has 0 aliphatic carbocycles. The van der Waals surface area contributed by atoms with Crippen LogP contribution in [0.1, 0.15) is 6.92 Å². The van der Waals surface area contributed by atoms with Crippen LogP contribution in [0.3, 0.4) is 0 Å². The molecule has 0 aromatic heterocycles. The quantitative estimate of drug-likeness (QED) is 0.474. The van der Waals surface area contributed by atoms with Gasteiger partial charge in [-0.3, -0.25) is 0 Å². The molecule has 0 bridgehead atoms. The Hall–Kier alpha value is -0.0800. The minimum absolute atomic E-state index is 0.574. The van der Waals surface area contributed by atoms with Crippen LogP contribution in [0.25, 0.3) is 0 Å². The number of hydrogen-bond donors (Lipinski definition) is 1. The highest BCUT2D eigenvalue weighted by Gasteiger charge is 2.20. The van der Waals surface area contributed by atoms with Gasteiger partial charge < -0.3 is 10.1 Å². The zero-order valence-corrected chi connectivity index (χ0v) is 4.68. The molecule has 1 fully saturated rings. The van der Waals surface area contributed by atoms with Crippen molar-refractivity contribution in [3.8, 4) is 0 Å². The third-order valence-electron chi connectivity index (χ3n) is 1.26. The van der Waals surface area contributed by atoms with Crippen LogP contribution < -0.4 is 5.32 Å². The molecule has 2 nitrogen and oxygen atoms in total. The van der Waals surface area contributed by atoms with Crippen LogP contribution >= 0.6 is 0 Å². The molecule has 2 N–H and O–H groups in total. The second-order valence-electron chi connectivity index (χ2n) is 1.84. The van der Waals surface area contributed by atoms with Gasteiger partial charge in [0.2, 0.25) is 0 Å². The Morgan fingerprint density at radius 2 is 2.43 bits per heavy atom. The van der Waals surface area contributed by atoms with Crippen LogP contribution in [0.5, 0.6) is 0 Å². The van der Waals surface area contributed by atoms with Gasteiger partial charge in [-0.05, 0) is 6.92 Å². The van der Waals surface area contributed by atoms with Gasteiger partial charge in [0.25, 0.3) is 0 Å². The maximum atomic E-state index is 5.25. The average molecular weight is 102 g/mol. The Bertz CT molecular complexity index is 52.0. The van der Waals surface area contributed by atoms with E-state index in [1.807, 2.05) is 6.92 Å². The van der Waals surface area contributed by atoms with Gasteiger partial charge in [0.1, 0.15) is 13.1 Å². The van der Waals surface area contributed by atoms with E-state index in [-0.39, 0.29) is 0 Å². The summed E-state index contributed by atoms with van der Waals surface area (Å²) in [6.07, 6.45) is 0.574. The molecule has 0 atom stereocenters. The molecule has 1 saturated heterocycles. The predicted molar refractivity (Wildman–Crippen MR) is 27.1 cm³/mol. The summed E-state index contributed by atoms with van der Waals surface area (Å²) < 4.78 is 5.25. The normalized spacial score (nSPS) is 21.9. The second-order valence-corrected chi connectivity index (χ2v) is 1.84. The molecule has 0 aromatic carbocycles. The van der Waals surface area contributed by atoms with Crippen LogP contribution in [0, 0.1) is 0 Å². The van der Waals surface area contributed by atoms with Crippen LogP contribution in [0.2, 0.25) is 0 Å². The van der Waals surface area contributed by atoms with E-state index in [9.17, 15) is 0 Å². The van der Waals surface area contributed by atoms with Crippen LogP contribution in [0.4, 0.5) is 0 Å². The molecule has 0 unspecified atom stereocenters. The Morgan fingerprint density at radius 3 is 2.57 bits per heavy atom. The topological polar surface area (TPSA) is 25.8 Å². The van der Waals surface area contributed by atoms with Crippen molar-refractivity contribution in [1.29, 1.82) is 0 Å². The third kappa shape index (κ3) is 1.14. The van der Waals surface area contributed by atoms with E-state index >= 15 is 0 Å². The largest absolute Gasteiger partial charge is 0.367 e. The highest BCUT2D eigenvalue weighted by Crippen LogP contribution is 1.87. The van der Waals surface area contributed by atoms with Gasteiger partial charge in [0.05, 0.1) is 0 Å². The van der Waals surface area contributed by atoms with Crippen LogP contribution in [-0.2, 0) is 4.74 Å². The highest BCUT2D eigenvalue weighted by molar-refractivity contribution is 4.56. The van der Waals surface area contributed by atoms with Crippen molar-refractivity contribution < 1.29 is 10.1 Å². The summed E-state index contributed by atoms with van der Waals surface area (Å²) in [5.74, 6) is 0. The number of nitrogens with two attached hydrogens (primary N) is 1. The first-order valence-electron chi connectivity index (χ1n) is 2.86. The molecule has 1 aliphatic rings. The van der Waals surface area contributed by atoms with Crippen LogP contribution in [0.15, 0.2) is 0 Å². The molecular weight excluding hydrogens is 90.1 g/mol. The summed E-state index contributed by atoms with van der Waals surface area (Å²) in [7, 11) is 0. The minimum atomic E-state index is 0.574. The molecule has 2 heteroatoms. The van der Waals surface area contributed by atoms with E-state index in [4.69, 9.17) is 4.74 Å². The van der Waals surface area contributed by atoms with E-state index in [1.165, 1.54) is 13.1 Å². The van der Waals surface area contributed by atoms with Gasteiger partial charge in [0.15, 0.2) is 6.10 Å². The van der Waals surface area contributed by atoms with E-state index in [0.29, 0.717) is 6.10 Å². The van der Waals surface area contributed by atoms with Gasteiger partial charge in [-0.1, -0.05) is 0 Å². The van der Waals surface area contributed by atoms with Gasteiger partial charge in [-0.25, -0.2) is 0 Å². The molecule has 1 heterocycles. The van der Waals surface area contributed by atoms with E-state index in [0.717, 1.165) is 6.61 Å². The SMILES string of the molecule is CCOC1C[NH2+]C1. The number of quaternary nitrogens is 1. The molecule has 0 aromatic rings. The summed E-state index contributed by atoms with van der Waals surface area (Å²) in [6.45, 7) is 5.26. The van der Waals surface area contributed by atoms with Crippen molar-refractivity contribution in [1.82, 2.24) is 0 Å². The lowest BCUT2D eigenvalue weighted by atomic mass is 10.2. The van der Waals surface area contributed by atoms with Gasteiger partial charge in [0, 0.05) is 6.61 Å². The summed E-state index contributed by atoms with van der Waals surface area (Å²) in [5.41, 5.74) is 0. The Labute approximate surface area is 43.9 Å². The smallest absolute Gasteiger partial charge is 0.155 e. The highest BCUT2D eigenvalue weighted by atomic mass is 16.5. The molecule has 0 saturated carbocycles. The van der Waals surface area contributed by atoms with Gasteiger partial charge in [-0.15, -0.1) is 0 Å². The lowest BCUT2D eigenvalue weighted by molar-refractivity contribution is -0.724.